The third-order valence-corrected chi connectivity index (χ3v) is 2.46. The molecule has 2 N–H and O–H groups in total. The Morgan fingerprint density at radius 2 is 2.27 bits per heavy atom. The molecule has 0 radical (unpaired) electrons. The molecule has 1 aromatic heterocycles. The van der Waals surface area contributed by atoms with Gasteiger partial charge in [-0.1, -0.05) is 17.7 Å². The van der Waals surface area contributed by atoms with Gasteiger partial charge in [0.15, 0.2) is 0 Å². The van der Waals surface area contributed by atoms with Crippen molar-refractivity contribution >= 4 is 11.6 Å². The molecule has 0 spiro atoms. The fourth-order valence-corrected chi connectivity index (χ4v) is 1.56. The second-order valence-corrected chi connectivity index (χ2v) is 3.41. The van der Waals surface area contributed by atoms with Crippen LogP contribution in [0.4, 0.5) is 4.39 Å². The molecule has 0 bridgehead atoms. The zero-order valence-corrected chi connectivity index (χ0v) is 8.58. The summed E-state index contributed by atoms with van der Waals surface area (Å²) in [5.74, 6) is -0.326. The van der Waals surface area contributed by atoms with Gasteiger partial charge >= 0.3 is 0 Å². The molecule has 0 aliphatic carbocycles. The van der Waals surface area contributed by atoms with E-state index in [-0.39, 0.29) is 5.82 Å². The number of hydrogen-bond acceptors (Lipinski definition) is 2. The summed E-state index contributed by atoms with van der Waals surface area (Å²) < 4.78 is 14.4. The van der Waals surface area contributed by atoms with Crippen LogP contribution in [-0.4, -0.2) is 9.78 Å². The van der Waals surface area contributed by atoms with Crippen LogP contribution in [0.25, 0.3) is 5.69 Å². The molecule has 0 saturated carbocycles. The molecular formula is C10H9ClFN3. The molecule has 78 valence electrons. The quantitative estimate of drug-likeness (QED) is 0.851. The summed E-state index contributed by atoms with van der Waals surface area (Å²) in [6.07, 6.45) is 1.58. The van der Waals surface area contributed by atoms with Crippen molar-refractivity contribution < 1.29 is 4.39 Å². The van der Waals surface area contributed by atoms with E-state index in [2.05, 4.69) is 5.10 Å². The smallest absolute Gasteiger partial charge is 0.137 e. The maximum Gasteiger partial charge on any atom is 0.137 e. The first-order valence-electron chi connectivity index (χ1n) is 4.41. The van der Waals surface area contributed by atoms with Gasteiger partial charge in [0.1, 0.15) is 11.0 Å². The van der Waals surface area contributed by atoms with E-state index in [0.717, 1.165) is 5.56 Å². The standard InChI is InChI=1S/C10H9ClFN3/c11-10-7(5-13)6-14-15(10)9-3-1-2-8(12)4-9/h1-4,6H,5,13H2. The Hall–Kier alpha value is -1.39. The Kier molecular flexibility index (Phi) is 2.70. The Balaban J connectivity index is 2.49. The molecule has 0 saturated heterocycles. The van der Waals surface area contributed by atoms with Crippen LogP contribution in [0, 0.1) is 5.82 Å². The van der Waals surface area contributed by atoms with Gasteiger partial charge < -0.3 is 5.73 Å². The molecule has 15 heavy (non-hydrogen) atoms. The highest BCUT2D eigenvalue weighted by molar-refractivity contribution is 6.30. The van der Waals surface area contributed by atoms with E-state index < -0.39 is 0 Å². The van der Waals surface area contributed by atoms with Gasteiger partial charge in [-0.25, -0.2) is 9.07 Å². The van der Waals surface area contributed by atoms with E-state index in [1.54, 1.807) is 18.3 Å². The van der Waals surface area contributed by atoms with Gasteiger partial charge in [-0.3, -0.25) is 0 Å². The third-order valence-electron chi connectivity index (χ3n) is 2.05. The summed E-state index contributed by atoms with van der Waals surface area (Å²) in [4.78, 5) is 0. The summed E-state index contributed by atoms with van der Waals surface area (Å²) >= 11 is 6.01. The van der Waals surface area contributed by atoms with Crippen LogP contribution in [0.1, 0.15) is 5.56 Å². The highest BCUT2D eigenvalue weighted by Crippen LogP contribution is 2.19. The predicted molar refractivity (Wildman–Crippen MR) is 56.4 cm³/mol. The van der Waals surface area contributed by atoms with Crippen LogP contribution in [-0.2, 0) is 6.54 Å². The van der Waals surface area contributed by atoms with Crippen LogP contribution in [0.2, 0.25) is 5.15 Å². The topological polar surface area (TPSA) is 43.8 Å². The molecule has 3 nitrogen and oxygen atoms in total. The van der Waals surface area contributed by atoms with Crippen molar-refractivity contribution in [1.82, 2.24) is 9.78 Å². The highest BCUT2D eigenvalue weighted by Gasteiger charge is 2.08. The Labute approximate surface area is 91.3 Å². The number of rotatable bonds is 2. The minimum Gasteiger partial charge on any atom is -0.326 e. The Morgan fingerprint density at radius 1 is 1.47 bits per heavy atom. The molecule has 0 fully saturated rings. The van der Waals surface area contributed by atoms with Gasteiger partial charge in [-0.05, 0) is 18.2 Å². The second kappa shape index (κ2) is 4.00. The summed E-state index contributed by atoms with van der Waals surface area (Å²) in [6, 6.07) is 6.05. The first-order chi connectivity index (χ1) is 7.22. The molecule has 0 unspecified atom stereocenters. The fourth-order valence-electron chi connectivity index (χ4n) is 1.29. The number of nitrogens with two attached hydrogens (primary N) is 1. The molecule has 1 aromatic carbocycles. The lowest BCUT2D eigenvalue weighted by Crippen LogP contribution is -1.99. The fraction of sp³-hybridized carbons (Fsp3) is 0.100. The number of aromatic nitrogens is 2. The Bertz CT molecular complexity index is 481. The van der Waals surface area contributed by atoms with E-state index in [1.807, 2.05) is 0 Å². The number of hydrogen-bond donors (Lipinski definition) is 1. The van der Waals surface area contributed by atoms with Crippen LogP contribution in [0.5, 0.6) is 0 Å². The van der Waals surface area contributed by atoms with E-state index >= 15 is 0 Å². The van der Waals surface area contributed by atoms with Crippen molar-refractivity contribution in [2.75, 3.05) is 0 Å². The average Bonchev–Trinajstić information content (AvgIpc) is 2.59. The van der Waals surface area contributed by atoms with Gasteiger partial charge in [0.25, 0.3) is 0 Å². The molecular weight excluding hydrogens is 217 g/mol. The van der Waals surface area contributed by atoms with Crippen molar-refractivity contribution in [2.24, 2.45) is 5.73 Å². The lowest BCUT2D eigenvalue weighted by atomic mass is 10.3. The highest BCUT2D eigenvalue weighted by atomic mass is 35.5. The van der Waals surface area contributed by atoms with E-state index in [9.17, 15) is 4.39 Å². The zero-order valence-electron chi connectivity index (χ0n) is 7.82. The number of nitrogens with zero attached hydrogens (tertiary/aromatic N) is 2. The van der Waals surface area contributed by atoms with Crippen LogP contribution in [0.15, 0.2) is 30.5 Å². The maximum absolute atomic E-state index is 13.0. The van der Waals surface area contributed by atoms with Gasteiger partial charge in [0, 0.05) is 12.1 Å². The van der Waals surface area contributed by atoms with Crippen molar-refractivity contribution in [3.63, 3.8) is 0 Å². The minimum absolute atomic E-state index is 0.314. The number of benzene rings is 1. The van der Waals surface area contributed by atoms with Gasteiger partial charge in [-0.15, -0.1) is 0 Å². The summed E-state index contributed by atoms with van der Waals surface area (Å²) in [5, 5.41) is 4.46. The maximum atomic E-state index is 13.0. The predicted octanol–water partition coefficient (Wildman–Crippen LogP) is 2.12. The van der Waals surface area contributed by atoms with Crippen molar-refractivity contribution in [1.29, 1.82) is 0 Å². The van der Waals surface area contributed by atoms with Gasteiger partial charge in [0.05, 0.1) is 11.9 Å². The molecule has 0 atom stereocenters. The molecule has 2 aromatic rings. The zero-order chi connectivity index (χ0) is 10.8. The van der Waals surface area contributed by atoms with E-state index in [0.29, 0.717) is 17.4 Å². The van der Waals surface area contributed by atoms with Gasteiger partial charge in [-0.2, -0.15) is 5.10 Å². The Morgan fingerprint density at radius 3 is 2.87 bits per heavy atom. The minimum atomic E-state index is -0.326. The number of halogens is 2. The normalized spacial score (nSPS) is 10.6. The summed E-state index contributed by atoms with van der Waals surface area (Å²) in [5.41, 5.74) is 6.78. The van der Waals surface area contributed by atoms with E-state index in [4.69, 9.17) is 17.3 Å². The molecule has 0 amide bonds. The lowest BCUT2D eigenvalue weighted by molar-refractivity contribution is 0.625. The summed E-state index contributed by atoms with van der Waals surface area (Å²) in [6.45, 7) is 0.314. The molecule has 0 aliphatic rings. The van der Waals surface area contributed by atoms with Crippen molar-refractivity contribution in [3.8, 4) is 5.69 Å². The van der Waals surface area contributed by atoms with Crippen LogP contribution in [0.3, 0.4) is 0 Å². The van der Waals surface area contributed by atoms with Gasteiger partial charge in [0.2, 0.25) is 0 Å². The molecule has 2 rings (SSSR count). The van der Waals surface area contributed by atoms with Crippen molar-refractivity contribution in [2.45, 2.75) is 6.54 Å². The summed E-state index contributed by atoms with van der Waals surface area (Å²) in [7, 11) is 0. The molecule has 0 aliphatic heterocycles. The molecule has 1 heterocycles. The third kappa shape index (κ3) is 1.86. The molecule has 5 heteroatoms. The van der Waals surface area contributed by atoms with Crippen LogP contribution >= 0.6 is 11.6 Å². The van der Waals surface area contributed by atoms with Crippen LogP contribution < -0.4 is 5.73 Å². The second-order valence-electron chi connectivity index (χ2n) is 3.06. The SMILES string of the molecule is NCc1cnn(-c2cccc(F)c2)c1Cl. The first kappa shape index (κ1) is 10.1. The van der Waals surface area contributed by atoms with E-state index in [1.165, 1.54) is 16.8 Å². The first-order valence-corrected chi connectivity index (χ1v) is 4.78. The van der Waals surface area contributed by atoms with Crippen molar-refractivity contribution in [3.05, 3.63) is 47.0 Å². The largest absolute Gasteiger partial charge is 0.326 e. The monoisotopic (exact) mass is 225 g/mol. The lowest BCUT2D eigenvalue weighted by Gasteiger charge is -2.03. The average molecular weight is 226 g/mol.